The molecule has 116 valence electrons. The number of fused-ring (bicyclic) bond motifs is 2. The average Bonchev–Trinajstić information content (AvgIpc) is 3.15. The van der Waals surface area contributed by atoms with Crippen LogP contribution in [0.25, 0.3) is 0 Å². The Morgan fingerprint density at radius 2 is 1.70 bits per heavy atom. The first-order chi connectivity index (χ1) is 11.2. The van der Waals surface area contributed by atoms with Crippen LogP contribution in [-0.2, 0) is 14.3 Å². The van der Waals surface area contributed by atoms with Crippen LogP contribution >= 0.6 is 0 Å². The van der Waals surface area contributed by atoms with Crippen LogP contribution in [0.1, 0.15) is 5.56 Å². The minimum Gasteiger partial charge on any atom is -0.466 e. The third-order valence-electron chi connectivity index (χ3n) is 3.86. The molecule has 0 saturated carbocycles. The van der Waals surface area contributed by atoms with Crippen LogP contribution in [0.15, 0.2) is 53.6 Å². The Hall–Kier alpha value is -3.00. The summed E-state index contributed by atoms with van der Waals surface area (Å²) in [5.74, 6) is 5.58. The van der Waals surface area contributed by atoms with Crippen molar-refractivity contribution in [3.05, 3.63) is 59.2 Å². The molecular weight excluding hydrogens is 294 g/mol. The molecule has 0 radical (unpaired) electrons. The van der Waals surface area contributed by atoms with E-state index in [0.717, 1.165) is 5.56 Å². The zero-order chi connectivity index (χ0) is 16.4. The lowest BCUT2D eigenvalue weighted by Crippen LogP contribution is -2.38. The van der Waals surface area contributed by atoms with Gasteiger partial charge in [-0.3, -0.25) is 4.90 Å². The van der Waals surface area contributed by atoms with Crippen molar-refractivity contribution in [1.82, 2.24) is 4.90 Å². The molecule has 3 rings (SSSR count). The van der Waals surface area contributed by atoms with E-state index in [2.05, 4.69) is 11.8 Å². The van der Waals surface area contributed by atoms with Gasteiger partial charge in [0.1, 0.15) is 0 Å². The summed E-state index contributed by atoms with van der Waals surface area (Å²) in [6.45, 7) is 0. The van der Waals surface area contributed by atoms with Gasteiger partial charge in [-0.25, -0.2) is 9.59 Å². The van der Waals surface area contributed by atoms with Crippen molar-refractivity contribution >= 4 is 12.1 Å². The van der Waals surface area contributed by atoms with Crippen LogP contribution in [0.4, 0.5) is 4.79 Å². The van der Waals surface area contributed by atoms with Gasteiger partial charge in [-0.05, 0) is 12.1 Å². The van der Waals surface area contributed by atoms with Crippen LogP contribution in [0.2, 0.25) is 0 Å². The summed E-state index contributed by atoms with van der Waals surface area (Å²) in [4.78, 5) is 25.6. The van der Waals surface area contributed by atoms with Crippen LogP contribution in [0.5, 0.6) is 0 Å². The average molecular weight is 309 g/mol. The summed E-state index contributed by atoms with van der Waals surface area (Å²) in [5.41, 5.74) is 1.81. The lowest BCUT2D eigenvalue weighted by atomic mass is 9.97. The van der Waals surface area contributed by atoms with E-state index in [1.165, 1.54) is 19.1 Å². The van der Waals surface area contributed by atoms with Gasteiger partial charge in [0, 0.05) is 11.1 Å². The molecule has 0 spiro atoms. The van der Waals surface area contributed by atoms with Gasteiger partial charge in [-0.1, -0.05) is 42.2 Å². The molecule has 5 nitrogen and oxygen atoms in total. The number of rotatable bonds is 1. The van der Waals surface area contributed by atoms with Gasteiger partial charge in [0.2, 0.25) is 0 Å². The standard InChI is InChI=1S/C18H15NO4/c1-22-17(20)16-13(9-8-12-6-4-3-5-7-12)14-10-11-15(16)19(14)18(21)23-2/h3-7,10-11,14-15H,1-2H3/t14-,15+/m1/s1. The minimum atomic E-state index is -0.497. The molecule has 1 aromatic carbocycles. The molecule has 0 unspecified atom stereocenters. The summed E-state index contributed by atoms with van der Waals surface area (Å²) in [7, 11) is 2.63. The maximum absolute atomic E-state index is 12.1. The molecule has 0 aromatic heterocycles. The first kappa shape index (κ1) is 14.9. The molecular formula is C18H15NO4. The third kappa shape index (κ3) is 2.49. The van der Waals surface area contributed by atoms with E-state index in [4.69, 9.17) is 9.47 Å². The molecule has 2 atom stereocenters. The van der Waals surface area contributed by atoms with Crippen molar-refractivity contribution in [3.63, 3.8) is 0 Å². The van der Waals surface area contributed by atoms with Gasteiger partial charge >= 0.3 is 12.1 Å². The number of nitrogens with zero attached hydrogens (tertiary/aromatic N) is 1. The summed E-state index contributed by atoms with van der Waals surface area (Å²) < 4.78 is 9.66. The van der Waals surface area contributed by atoms with E-state index in [1.54, 1.807) is 6.08 Å². The Labute approximate surface area is 134 Å². The third-order valence-corrected chi connectivity index (χ3v) is 3.86. The number of ether oxygens (including phenoxy) is 2. The van der Waals surface area contributed by atoms with Gasteiger partial charge in [-0.2, -0.15) is 0 Å². The smallest absolute Gasteiger partial charge is 0.411 e. The molecule has 0 saturated heterocycles. The van der Waals surface area contributed by atoms with E-state index in [1.807, 2.05) is 36.4 Å². The molecule has 2 aliphatic rings. The van der Waals surface area contributed by atoms with Crippen molar-refractivity contribution in [1.29, 1.82) is 0 Å². The second kappa shape index (κ2) is 6.01. The van der Waals surface area contributed by atoms with Crippen molar-refractivity contribution in [2.45, 2.75) is 12.1 Å². The summed E-state index contributed by atoms with van der Waals surface area (Å²) in [5, 5.41) is 0. The number of hydrogen-bond donors (Lipinski definition) is 0. The van der Waals surface area contributed by atoms with Crippen LogP contribution in [-0.4, -0.2) is 43.3 Å². The summed E-state index contributed by atoms with van der Waals surface area (Å²) in [6.07, 6.45) is 3.15. The zero-order valence-electron chi connectivity index (χ0n) is 12.8. The van der Waals surface area contributed by atoms with Crippen molar-refractivity contribution in [2.75, 3.05) is 14.2 Å². The molecule has 5 heteroatoms. The highest BCUT2D eigenvalue weighted by atomic mass is 16.5. The van der Waals surface area contributed by atoms with Crippen LogP contribution < -0.4 is 0 Å². The number of carbonyl (C=O) groups is 2. The lowest BCUT2D eigenvalue weighted by Gasteiger charge is -2.21. The molecule has 2 aliphatic heterocycles. The molecule has 2 heterocycles. The Kier molecular flexibility index (Phi) is 3.90. The molecule has 0 N–H and O–H groups in total. The second-order valence-electron chi connectivity index (χ2n) is 5.09. The Bertz CT molecular complexity index is 767. The van der Waals surface area contributed by atoms with Gasteiger partial charge in [0.25, 0.3) is 0 Å². The largest absolute Gasteiger partial charge is 0.466 e. The number of amides is 1. The minimum absolute atomic E-state index is 0.391. The predicted octanol–water partition coefficient (Wildman–Crippen LogP) is 1.90. The SMILES string of the molecule is COC(=O)C1=C(C#Cc2ccccc2)[C@H]2C=C[C@@H]1N2C(=O)OC. The maximum Gasteiger partial charge on any atom is 0.411 e. The fraction of sp³-hybridized carbons (Fsp3) is 0.222. The highest BCUT2D eigenvalue weighted by Gasteiger charge is 2.48. The van der Waals surface area contributed by atoms with E-state index < -0.39 is 24.1 Å². The number of methoxy groups -OCH3 is 2. The first-order valence-electron chi connectivity index (χ1n) is 7.11. The summed E-state index contributed by atoms with van der Waals surface area (Å²) >= 11 is 0. The highest BCUT2D eigenvalue weighted by Crippen LogP contribution is 2.38. The fourth-order valence-corrected chi connectivity index (χ4v) is 2.83. The quantitative estimate of drug-likeness (QED) is 0.452. The van der Waals surface area contributed by atoms with Crippen molar-refractivity contribution < 1.29 is 19.1 Å². The summed E-state index contributed by atoms with van der Waals surface area (Å²) in [6, 6.07) is 8.57. The predicted molar refractivity (Wildman–Crippen MR) is 83.3 cm³/mol. The number of esters is 1. The van der Waals surface area contributed by atoms with Gasteiger partial charge in [0.15, 0.2) is 0 Å². The fourth-order valence-electron chi connectivity index (χ4n) is 2.83. The maximum atomic E-state index is 12.1. The monoisotopic (exact) mass is 309 g/mol. The van der Waals surface area contributed by atoms with E-state index in [9.17, 15) is 9.59 Å². The Balaban J connectivity index is 2.01. The van der Waals surface area contributed by atoms with Gasteiger partial charge in [-0.15, -0.1) is 0 Å². The normalized spacial score (nSPS) is 21.0. The van der Waals surface area contributed by atoms with E-state index in [0.29, 0.717) is 11.1 Å². The molecule has 0 fully saturated rings. The lowest BCUT2D eigenvalue weighted by molar-refractivity contribution is -0.136. The molecule has 23 heavy (non-hydrogen) atoms. The van der Waals surface area contributed by atoms with Gasteiger partial charge in [0.05, 0.1) is 31.9 Å². The van der Waals surface area contributed by atoms with Crippen molar-refractivity contribution in [2.24, 2.45) is 0 Å². The van der Waals surface area contributed by atoms with Crippen molar-refractivity contribution in [3.8, 4) is 11.8 Å². The molecule has 1 aromatic rings. The zero-order valence-corrected chi connectivity index (χ0v) is 12.8. The van der Waals surface area contributed by atoms with Gasteiger partial charge < -0.3 is 9.47 Å². The Morgan fingerprint density at radius 1 is 1.00 bits per heavy atom. The highest BCUT2D eigenvalue weighted by molar-refractivity contribution is 5.96. The molecule has 0 aliphatic carbocycles. The first-order valence-corrected chi connectivity index (χ1v) is 7.11. The van der Waals surface area contributed by atoms with Crippen LogP contribution in [0.3, 0.4) is 0 Å². The second-order valence-corrected chi connectivity index (χ2v) is 5.09. The van der Waals surface area contributed by atoms with E-state index in [-0.39, 0.29) is 0 Å². The molecule has 1 amide bonds. The number of benzene rings is 1. The van der Waals surface area contributed by atoms with Crippen LogP contribution in [0, 0.1) is 11.8 Å². The Morgan fingerprint density at radius 3 is 2.35 bits per heavy atom. The topological polar surface area (TPSA) is 55.8 Å². The molecule has 2 bridgehead atoms. The number of carbonyl (C=O) groups excluding carboxylic acids is 2. The van der Waals surface area contributed by atoms with E-state index >= 15 is 0 Å². The number of hydrogen-bond acceptors (Lipinski definition) is 4.